The Kier molecular flexibility index (Phi) is 9.78. The van der Waals surface area contributed by atoms with Gasteiger partial charge in [-0.1, -0.05) is 0 Å². The zero-order valence-corrected chi connectivity index (χ0v) is 15.7. The van der Waals surface area contributed by atoms with Gasteiger partial charge >= 0.3 is 0 Å². The van der Waals surface area contributed by atoms with Gasteiger partial charge in [-0.3, -0.25) is 4.79 Å². The first kappa shape index (κ1) is 21.0. The molecule has 0 aromatic rings. The van der Waals surface area contributed by atoms with E-state index in [0.29, 0.717) is 12.3 Å². The highest BCUT2D eigenvalue weighted by Crippen LogP contribution is 2.20. The molecular formula is C16H32Cl2N4O. The number of nitrogens with zero attached hydrogens (tertiary/aromatic N) is 3. The first-order valence-electron chi connectivity index (χ1n) is 8.74. The third-order valence-electron chi connectivity index (χ3n) is 5.20. The molecule has 1 amide bonds. The lowest BCUT2D eigenvalue weighted by Crippen LogP contribution is -2.47. The average Bonchev–Trinajstić information content (AvgIpc) is 3.18. The summed E-state index contributed by atoms with van der Waals surface area (Å²) in [5, 5.41) is 3.30. The quantitative estimate of drug-likeness (QED) is 0.789. The molecule has 0 aromatic heterocycles. The Morgan fingerprint density at radius 2 is 1.65 bits per heavy atom. The van der Waals surface area contributed by atoms with Crippen molar-refractivity contribution in [2.24, 2.45) is 5.92 Å². The second kappa shape index (κ2) is 10.7. The van der Waals surface area contributed by atoms with E-state index in [9.17, 15) is 4.79 Å². The summed E-state index contributed by atoms with van der Waals surface area (Å²) < 4.78 is 0. The number of rotatable bonds is 5. The molecule has 3 heterocycles. The van der Waals surface area contributed by atoms with Crippen LogP contribution in [0.4, 0.5) is 0 Å². The molecular weight excluding hydrogens is 335 g/mol. The van der Waals surface area contributed by atoms with Gasteiger partial charge in [0.1, 0.15) is 0 Å². The second-order valence-corrected chi connectivity index (χ2v) is 6.84. The van der Waals surface area contributed by atoms with Gasteiger partial charge in [-0.05, 0) is 44.8 Å². The normalized spacial score (nSPS) is 25.9. The molecule has 0 saturated carbocycles. The minimum atomic E-state index is 0. The van der Waals surface area contributed by atoms with E-state index in [4.69, 9.17) is 0 Å². The second-order valence-electron chi connectivity index (χ2n) is 6.84. The van der Waals surface area contributed by atoms with Crippen molar-refractivity contribution in [3.05, 3.63) is 0 Å². The number of amides is 1. The number of hydrogen-bond donors (Lipinski definition) is 1. The van der Waals surface area contributed by atoms with Crippen molar-refractivity contribution in [1.29, 1.82) is 0 Å². The SMILES string of the molecule is Cl.Cl.O=C(CCN1CCC(CN2CCCC2)C1)N1CCNCC1. The number of likely N-dealkylation sites (tertiary alicyclic amines) is 2. The van der Waals surface area contributed by atoms with Gasteiger partial charge in [0.15, 0.2) is 0 Å². The Morgan fingerprint density at radius 3 is 2.35 bits per heavy atom. The monoisotopic (exact) mass is 366 g/mol. The van der Waals surface area contributed by atoms with Gasteiger partial charge in [0.05, 0.1) is 0 Å². The Bertz CT molecular complexity index is 347. The number of carbonyl (C=O) groups is 1. The van der Waals surface area contributed by atoms with Crippen molar-refractivity contribution in [1.82, 2.24) is 20.0 Å². The van der Waals surface area contributed by atoms with E-state index >= 15 is 0 Å². The molecule has 3 aliphatic heterocycles. The predicted molar refractivity (Wildman–Crippen MR) is 98.8 cm³/mol. The standard InChI is InChI=1S/C16H30N4O.2ClH/c21-16(20-11-5-17-6-12-20)4-10-19-9-3-15(14-19)13-18-7-1-2-8-18;;/h15,17H,1-14H2;2*1H. The fraction of sp³-hybridized carbons (Fsp3) is 0.938. The summed E-state index contributed by atoms with van der Waals surface area (Å²) in [5.74, 6) is 1.18. The van der Waals surface area contributed by atoms with Crippen LogP contribution in [0.3, 0.4) is 0 Å². The number of nitrogens with one attached hydrogen (secondary N) is 1. The highest BCUT2D eigenvalue weighted by atomic mass is 35.5. The van der Waals surface area contributed by atoms with Crippen molar-refractivity contribution in [2.45, 2.75) is 25.7 Å². The third-order valence-corrected chi connectivity index (χ3v) is 5.20. The maximum absolute atomic E-state index is 12.2. The van der Waals surface area contributed by atoms with Crippen molar-refractivity contribution in [3.63, 3.8) is 0 Å². The molecule has 1 atom stereocenters. The number of carbonyl (C=O) groups excluding carboxylic acids is 1. The van der Waals surface area contributed by atoms with Crippen LogP contribution in [0.1, 0.15) is 25.7 Å². The summed E-state index contributed by atoms with van der Waals surface area (Å²) in [4.78, 5) is 19.3. The van der Waals surface area contributed by atoms with Crippen molar-refractivity contribution < 1.29 is 4.79 Å². The van der Waals surface area contributed by atoms with Crippen LogP contribution in [-0.2, 0) is 4.79 Å². The molecule has 0 aromatic carbocycles. The van der Waals surface area contributed by atoms with Crippen LogP contribution in [-0.4, -0.2) is 86.1 Å². The summed E-state index contributed by atoms with van der Waals surface area (Å²) in [6, 6.07) is 0. The molecule has 1 N–H and O–H groups in total. The van der Waals surface area contributed by atoms with E-state index in [0.717, 1.165) is 38.6 Å². The molecule has 0 spiro atoms. The Labute approximate surface area is 152 Å². The zero-order chi connectivity index (χ0) is 14.5. The molecule has 3 fully saturated rings. The fourth-order valence-electron chi connectivity index (χ4n) is 3.92. The fourth-order valence-corrected chi connectivity index (χ4v) is 3.92. The van der Waals surface area contributed by atoms with Gasteiger partial charge in [0, 0.05) is 52.2 Å². The summed E-state index contributed by atoms with van der Waals surface area (Å²) in [7, 11) is 0. The first-order valence-corrected chi connectivity index (χ1v) is 8.74. The molecule has 23 heavy (non-hydrogen) atoms. The van der Waals surface area contributed by atoms with E-state index in [1.807, 2.05) is 4.90 Å². The van der Waals surface area contributed by atoms with E-state index in [1.165, 1.54) is 52.0 Å². The minimum absolute atomic E-state index is 0. The lowest BCUT2D eigenvalue weighted by molar-refractivity contribution is -0.132. The molecule has 1 unspecified atom stereocenters. The summed E-state index contributed by atoms with van der Waals surface area (Å²) in [6.45, 7) is 10.9. The van der Waals surface area contributed by atoms with Gasteiger partial charge in [0.2, 0.25) is 5.91 Å². The van der Waals surface area contributed by atoms with Crippen LogP contribution in [0.15, 0.2) is 0 Å². The van der Waals surface area contributed by atoms with Crippen LogP contribution < -0.4 is 5.32 Å². The molecule has 136 valence electrons. The highest BCUT2D eigenvalue weighted by molar-refractivity contribution is 5.85. The number of piperazine rings is 1. The largest absolute Gasteiger partial charge is 0.340 e. The van der Waals surface area contributed by atoms with Gasteiger partial charge in [-0.15, -0.1) is 24.8 Å². The van der Waals surface area contributed by atoms with Crippen LogP contribution in [0.25, 0.3) is 0 Å². The van der Waals surface area contributed by atoms with Gasteiger partial charge in [0.25, 0.3) is 0 Å². The lowest BCUT2D eigenvalue weighted by atomic mass is 10.1. The molecule has 0 radical (unpaired) electrons. The third kappa shape index (κ3) is 6.39. The molecule has 5 nitrogen and oxygen atoms in total. The number of hydrogen-bond acceptors (Lipinski definition) is 4. The maximum Gasteiger partial charge on any atom is 0.223 e. The average molecular weight is 367 g/mol. The van der Waals surface area contributed by atoms with Crippen LogP contribution >= 0.6 is 24.8 Å². The summed E-state index contributed by atoms with van der Waals surface area (Å²) in [5.41, 5.74) is 0. The van der Waals surface area contributed by atoms with Crippen LogP contribution in [0.5, 0.6) is 0 Å². The van der Waals surface area contributed by atoms with Gasteiger partial charge in [-0.2, -0.15) is 0 Å². The van der Waals surface area contributed by atoms with Crippen LogP contribution in [0, 0.1) is 5.92 Å². The van der Waals surface area contributed by atoms with E-state index in [-0.39, 0.29) is 24.8 Å². The minimum Gasteiger partial charge on any atom is -0.340 e. The molecule has 3 rings (SSSR count). The van der Waals surface area contributed by atoms with Gasteiger partial charge in [-0.25, -0.2) is 0 Å². The Morgan fingerprint density at radius 1 is 0.957 bits per heavy atom. The maximum atomic E-state index is 12.2. The summed E-state index contributed by atoms with van der Waals surface area (Å²) >= 11 is 0. The number of halogens is 2. The summed E-state index contributed by atoms with van der Waals surface area (Å²) in [6.07, 6.45) is 4.79. The highest BCUT2D eigenvalue weighted by Gasteiger charge is 2.26. The Hall–Kier alpha value is -0.0700. The van der Waals surface area contributed by atoms with E-state index < -0.39 is 0 Å². The predicted octanol–water partition coefficient (Wildman–Crippen LogP) is 1.07. The zero-order valence-electron chi connectivity index (χ0n) is 14.0. The molecule has 0 aliphatic carbocycles. The smallest absolute Gasteiger partial charge is 0.223 e. The molecule has 3 aliphatic rings. The molecule has 7 heteroatoms. The van der Waals surface area contributed by atoms with Crippen molar-refractivity contribution in [2.75, 3.05) is 65.4 Å². The first-order chi connectivity index (χ1) is 10.3. The van der Waals surface area contributed by atoms with Gasteiger partial charge < -0.3 is 20.0 Å². The topological polar surface area (TPSA) is 38.8 Å². The molecule has 0 bridgehead atoms. The lowest BCUT2D eigenvalue weighted by Gasteiger charge is -2.28. The van der Waals surface area contributed by atoms with Crippen LogP contribution in [0.2, 0.25) is 0 Å². The van der Waals surface area contributed by atoms with E-state index in [1.54, 1.807) is 0 Å². The van der Waals surface area contributed by atoms with Crippen molar-refractivity contribution in [3.8, 4) is 0 Å². The Balaban J connectivity index is 0.00000132. The molecule has 3 saturated heterocycles. The van der Waals surface area contributed by atoms with E-state index in [2.05, 4.69) is 15.1 Å². The van der Waals surface area contributed by atoms with Crippen molar-refractivity contribution >= 4 is 30.7 Å².